The Morgan fingerprint density at radius 1 is 1.28 bits per heavy atom. The fourth-order valence-electron chi connectivity index (χ4n) is 2.01. The quantitative estimate of drug-likeness (QED) is 0.590. The summed E-state index contributed by atoms with van der Waals surface area (Å²) >= 11 is 0. The van der Waals surface area contributed by atoms with E-state index in [1.54, 1.807) is 12.1 Å². The number of hydrogen-bond donors (Lipinski definition) is 1. The zero-order valence-corrected chi connectivity index (χ0v) is 11.7. The van der Waals surface area contributed by atoms with Crippen LogP contribution in [-0.4, -0.2) is 17.5 Å². The van der Waals surface area contributed by atoms with Crippen LogP contribution in [0.2, 0.25) is 0 Å². The van der Waals surface area contributed by atoms with Crippen LogP contribution < -0.4 is 5.73 Å². The number of nitrogens with two attached hydrogens (primary N) is 1. The minimum absolute atomic E-state index is 0.212. The fraction of sp³-hybridized carbons (Fsp3) is 0.600. The van der Waals surface area contributed by atoms with Crippen LogP contribution in [0.15, 0.2) is 18.2 Å². The molecule has 18 heavy (non-hydrogen) atoms. The molecule has 3 heteroatoms. The van der Waals surface area contributed by atoms with Gasteiger partial charge in [-0.3, -0.25) is 4.90 Å². The van der Waals surface area contributed by atoms with Crippen molar-refractivity contribution in [2.75, 3.05) is 12.3 Å². The van der Waals surface area contributed by atoms with E-state index in [2.05, 4.69) is 25.7 Å². The van der Waals surface area contributed by atoms with Crippen LogP contribution in [0.5, 0.6) is 0 Å². The molecule has 102 valence electrons. The first-order valence-corrected chi connectivity index (χ1v) is 6.82. The van der Waals surface area contributed by atoms with Crippen molar-refractivity contribution in [3.8, 4) is 0 Å². The van der Waals surface area contributed by atoms with Gasteiger partial charge in [-0.25, -0.2) is 4.39 Å². The second kappa shape index (κ2) is 7.37. The number of anilines is 1. The maximum absolute atomic E-state index is 13.2. The monoisotopic (exact) mass is 252 g/mol. The Labute approximate surface area is 110 Å². The lowest BCUT2D eigenvalue weighted by atomic mass is 10.1. The molecule has 0 saturated carbocycles. The first-order chi connectivity index (χ1) is 8.54. The maximum atomic E-state index is 13.2. The van der Waals surface area contributed by atoms with Crippen LogP contribution in [-0.2, 0) is 6.54 Å². The second-order valence-corrected chi connectivity index (χ2v) is 5.11. The fourth-order valence-corrected chi connectivity index (χ4v) is 2.01. The number of nitrogen functional groups attached to an aromatic ring is 1. The van der Waals surface area contributed by atoms with E-state index in [1.165, 1.54) is 25.3 Å². The molecule has 1 aromatic rings. The Hall–Kier alpha value is -1.09. The summed E-state index contributed by atoms with van der Waals surface area (Å²) in [6, 6.07) is 5.06. The van der Waals surface area contributed by atoms with Crippen molar-refractivity contribution in [1.82, 2.24) is 4.90 Å². The van der Waals surface area contributed by atoms with E-state index in [4.69, 9.17) is 5.73 Å². The highest BCUT2D eigenvalue weighted by Gasteiger charge is 2.12. The summed E-state index contributed by atoms with van der Waals surface area (Å²) in [4.78, 5) is 2.35. The van der Waals surface area contributed by atoms with Crippen molar-refractivity contribution >= 4 is 5.69 Å². The molecule has 0 aliphatic heterocycles. The largest absolute Gasteiger partial charge is 0.398 e. The molecule has 0 radical (unpaired) electrons. The van der Waals surface area contributed by atoms with Gasteiger partial charge in [0, 0.05) is 18.3 Å². The van der Waals surface area contributed by atoms with E-state index in [1.807, 2.05) is 0 Å². The van der Waals surface area contributed by atoms with Gasteiger partial charge < -0.3 is 5.73 Å². The van der Waals surface area contributed by atoms with Gasteiger partial charge in [0.05, 0.1) is 0 Å². The number of halogens is 1. The highest BCUT2D eigenvalue weighted by Crippen LogP contribution is 2.17. The van der Waals surface area contributed by atoms with Crippen molar-refractivity contribution in [1.29, 1.82) is 0 Å². The summed E-state index contributed by atoms with van der Waals surface area (Å²) in [5.41, 5.74) is 7.47. The van der Waals surface area contributed by atoms with Gasteiger partial charge in [0.25, 0.3) is 0 Å². The summed E-state index contributed by atoms with van der Waals surface area (Å²) in [5.74, 6) is -0.212. The predicted molar refractivity (Wildman–Crippen MR) is 75.9 cm³/mol. The minimum atomic E-state index is -0.212. The summed E-state index contributed by atoms with van der Waals surface area (Å²) in [5, 5.41) is 0. The van der Waals surface area contributed by atoms with E-state index in [0.29, 0.717) is 11.7 Å². The lowest BCUT2D eigenvalue weighted by Gasteiger charge is -2.27. The van der Waals surface area contributed by atoms with E-state index in [9.17, 15) is 4.39 Å². The van der Waals surface area contributed by atoms with Crippen LogP contribution in [0.3, 0.4) is 0 Å². The molecule has 0 atom stereocenters. The molecule has 0 aliphatic carbocycles. The third kappa shape index (κ3) is 4.65. The summed E-state index contributed by atoms with van der Waals surface area (Å²) in [6.45, 7) is 8.31. The maximum Gasteiger partial charge on any atom is 0.123 e. The van der Waals surface area contributed by atoms with Crippen molar-refractivity contribution in [3.63, 3.8) is 0 Å². The standard InChI is InChI=1S/C15H25FN2/c1-4-5-6-9-18(12(2)3)11-13-10-14(16)7-8-15(13)17/h7-8,10,12H,4-6,9,11,17H2,1-3H3. The summed E-state index contributed by atoms with van der Waals surface area (Å²) in [7, 11) is 0. The van der Waals surface area contributed by atoms with Crippen LogP contribution in [0, 0.1) is 5.82 Å². The lowest BCUT2D eigenvalue weighted by molar-refractivity contribution is 0.208. The Morgan fingerprint density at radius 3 is 2.61 bits per heavy atom. The predicted octanol–water partition coefficient (Wildman–Crippen LogP) is 3.81. The van der Waals surface area contributed by atoms with Crippen LogP contribution in [0.25, 0.3) is 0 Å². The molecule has 0 aliphatic rings. The molecule has 0 aromatic heterocycles. The topological polar surface area (TPSA) is 29.3 Å². The Kier molecular flexibility index (Phi) is 6.13. The van der Waals surface area contributed by atoms with Gasteiger partial charge >= 0.3 is 0 Å². The third-order valence-corrected chi connectivity index (χ3v) is 3.26. The smallest absolute Gasteiger partial charge is 0.123 e. The van der Waals surface area contributed by atoms with E-state index in [-0.39, 0.29) is 5.82 Å². The normalized spacial score (nSPS) is 11.4. The molecular formula is C15H25FN2. The molecule has 0 bridgehead atoms. The molecule has 0 unspecified atom stereocenters. The average molecular weight is 252 g/mol. The van der Waals surface area contributed by atoms with Crippen LogP contribution in [0.1, 0.15) is 45.6 Å². The second-order valence-electron chi connectivity index (χ2n) is 5.11. The molecular weight excluding hydrogens is 227 g/mol. The zero-order chi connectivity index (χ0) is 13.5. The van der Waals surface area contributed by atoms with E-state index < -0.39 is 0 Å². The number of hydrogen-bond acceptors (Lipinski definition) is 2. The molecule has 1 rings (SSSR count). The highest BCUT2D eigenvalue weighted by atomic mass is 19.1. The van der Waals surface area contributed by atoms with Crippen LogP contribution in [0.4, 0.5) is 10.1 Å². The number of unbranched alkanes of at least 4 members (excludes halogenated alkanes) is 2. The zero-order valence-electron chi connectivity index (χ0n) is 11.7. The number of rotatable bonds is 7. The van der Waals surface area contributed by atoms with Gasteiger partial charge in [-0.05, 0) is 50.6 Å². The van der Waals surface area contributed by atoms with Crippen molar-refractivity contribution in [2.45, 2.75) is 52.6 Å². The van der Waals surface area contributed by atoms with Gasteiger partial charge in [0.15, 0.2) is 0 Å². The summed E-state index contributed by atoms with van der Waals surface area (Å²) in [6.07, 6.45) is 3.64. The van der Waals surface area contributed by atoms with Gasteiger partial charge in [-0.1, -0.05) is 19.8 Å². The lowest BCUT2D eigenvalue weighted by Crippen LogP contribution is -2.31. The van der Waals surface area contributed by atoms with Crippen molar-refractivity contribution in [3.05, 3.63) is 29.6 Å². The third-order valence-electron chi connectivity index (χ3n) is 3.26. The van der Waals surface area contributed by atoms with Crippen molar-refractivity contribution in [2.24, 2.45) is 0 Å². The van der Waals surface area contributed by atoms with Gasteiger partial charge in [-0.15, -0.1) is 0 Å². The summed E-state index contributed by atoms with van der Waals surface area (Å²) < 4.78 is 13.2. The molecule has 0 heterocycles. The van der Waals surface area contributed by atoms with E-state index >= 15 is 0 Å². The molecule has 0 saturated heterocycles. The number of nitrogens with zero attached hydrogens (tertiary/aromatic N) is 1. The molecule has 0 amide bonds. The van der Waals surface area contributed by atoms with Gasteiger partial charge in [0.2, 0.25) is 0 Å². The van der Waals surface area contributed by atoms with Crippen LogP contribution >= 0.6 is 0 Å². The Balaban J connectivity index is 2.67. The molecule has 0 spiro atoms. The first-order valence-electron chi connectivity index (χ1n) is 6.82. The van der Waals surface area contributed by atoms with E-state index in [0.717, 1.165) is 18.7 Å². The molecule has 0 fully saturated rings. The molecule has 2 N–H and O–H groups in total. The first kappa shape index (κ1) is 15.0. The molecule has 1 aromatic carbocycles. The Bertz CT molecular complexity index is 364. The average Bonchev–Trinajstić information content (AvgIpc) is 2.32. The highest BCUT2D eigenvalue weighted by molar-refractivity contribution is 5.46. The van der Waals surface area contributed by atoms with Gasteiger partial charge in [-0.2, -0.15) is 0 Å². The SMILES string of the molecule is CCCCCN(Cc1cc(F)ccc1N)C(C)C. The van der Waals surface area contributed by atoms with Crippen molar-refractivity contribution < 1.29 is 4.39 Å². The number of benzene rings is 1. The Morgan fingerprint density at radius 2 is 2.00 bits per heavy atom. The minimum Gasteiger partial charge on any atom is -0.398 e. The van der Waals surface area contributed by atoms with Gasteiger partial charge in [0.1, 0.15) is 5.82 Å². The molecule has 2 nitrogen and oxygen atoms in total.